The molecule has 0 saturated carbocycles. The van der Waals surface area contributed by atoms with E-state index in [4.69, 9.17) is 15.2 Å². The van der Waals surface area contributed by atoms with Gasteiger partial charge in [-0.1, -0.05) is 37.3 Å². The zero-order valence-electron chi connectivity index (χ0n) is 18.8. The molecule has 1 aromatic heterocycles. The SMILES string of the molecule is CCC(C1=NN2C(=N)/C(=C\c3cccn3-c3ccc(OC)cc3)C(=O)N=C2S1)c1ccccc1. The summed E-state index contributed by atoms with van der Waals surface area (Å²) in [7, 11) is 1.63. The molecule has 3 heterocycles. The molecular formula is C26H23N5O2S. The summed E-state index contributed by atoms with van der Waals surface area (Å²) in [6.45, 7) is 2.11. The van der Waals surface area contributed by atoms with Crippen molar-refractivity contribution in [2.24, 2.45) is 10.1 Å². The Hall–Kier alpha value is -3.91. The number of fused-ring (bicyclic) bond motifs is 1. The first-order valence-corrected chi connectivity index (χ1v) is 11.8. The predicted molar refractivity (Wildman–Crippen MR) is 137 cm³/mol. The molecule has 0 saturated heterocycles. The Morgan fingerprint density at radius 2 is 1.85 bits per heavy atom. The van der Waals surface area contributed by atoms with Gasteiger partial charge in [0.2, 0.25) is 5.17 Å². The third-order valence-corrected chi connectivity index (χ3v) is 6.82. The number of amides is 1. The van der Waals surface area contributed by atoms with Gasteiger partial charge in [-0.15, -0.1) is 0 Å². The molecule has 8 heteroatoms. The van der Waals surface area contributed by atoms with E-state index in [2.05, 4.69) is 24.0 Å². The van der Waals surface area contributed by atoms with Gasteiger partial charge < -0.3 is 9.30 Å². The van der Waals surface area contributed by atoms with E-state index in [0.29, 0.717) is 5.17 Å². The van der Waals surface area contributed by atoms with Gasteiger partial charge in [-0.05, 0) is 66.2 Å². The number of carbonyl (C=O) groups is 1. The molecule has 0 fully saturated rings. The Bertz CT molecular complexity index is 1340. The molecule has 34 heavy (non-hydrogen) atoms. The fourth-order valence-electron chi connectivity index (χ4n) is 4.02. The number of nitrogens with one attached hydrogen (secondary N) is 1. The second kappa shape index (κ2) is 9.15. The van der Waals surface area contributed by atoms with Crippen LogP contribution in [0.1, 0.15) is 30.5 Å². The summed E-state index contributed by atoms with van der Waals surface area (Å²) < 4.78 is 7.19. The van der Waals surface area contributed by atoms with Crippen molar-refractivity contribution in [2.75, 3.05) is 7.11 Å². The van der Waals surface area contributed by atoms with Gasteiger partial charge in [0.05, 0.1) is 12.7 Å². The maximum atomic E-state index is 12.9. The number of benzene rings is 2. The quantitative estimate of drug-likeness (QED) is 0.497. The standard InChI is InChI=1S/C26H23N5O2S/c1-3-21(17-8-5-4-6-9-17)25-29-31-23(27)22(24(32)28-26(31)34-25)16-19-10-7-15-30(19)18-11-13-20(33-2)14-12-18/h4-16,21,27H,3H2,1-2H3/b22-16+,27-23?. The molecule has 1 unspecified atom stereocenters. The molecule has 2 aliphatic rings. The Morgan fingerprint density at radius 3 is 2.56 bits per heavy atom. The molecule has 0 bridgehead atoms. The normalized spacial score (nSPS) is 17.5. The number of methoxy groups -OCH3 is 1. The van der Waals surface area contributed by atoms with E-state index in [-0.39, 0.29) is 17.3 Å². The number of hydrogen-bond donors (Lipinski definition) is 1. The molecular weight excluding hydrogens is 446 g/mol. The first-order chi connectivity index (χ1) is 16.6. The first-order valence-electron chi connectivity index (χ1n) is 11.0. The molecule has 5 rings (SSSR count). The number of amidine groups is 2. The third-order valence-electron chi connectivity index (χ3n) is 5.80. The number of hydrogen-bond acceptors (Lipinski definition) is 5. The monoisotopic (exact) mass is 469 g/mol. The second-order valence-electron chi connectivity index (χ2n) is 7.83. The van der Waals surface area contributed by atoms with Crippen LogP contribution in [0.25, 0.3) is 11.8 Å². The van der Waals surface area contributed by atoms with E-state index in [1.807, 2.05) is 65.4 Å². The van der Waals surface area contributed by atoms with Crippen LogP contribution in [-0.4, -0.2) is 38.6 Å². The fourth-order valence-corrected chi connectivity index (χ4v) is 5.13. The third kappa shape index (κ3) is 3.97. The van der Waals surface area contributed by atoms with Crippen molar-refractivity contribution in [3.05, 3.63) is 89.8 Å². The van der Waals surface area contributed by atoms with Gasteiger partial charge in [-0.25, -0.2) is 0 Å². The van der Waals surface area contributed by atoms with Crippen LogP contribution in [0, 0.1) is 5.41 Å². The number of aliphatic imine (C=N–C) groups is 1. The minimum atomic E-state index is -0.435. The fraction of sp³-hybridized carbons (Fsp3) is 0.154. The van der Waals surface area contributed by atoms with Crippen molar-refractivity contribution in [1.82, 2.24) is 9.58 Å². The van der Waals surface area contributed by atoms with Gasteiger partial charge in [0, 0.05) is 23.5 Å². The largest absolute Gasteiger partial charge is 0.497 e. The number of carbonyl (C=O) groups excluding carboxylic acids is 1. The number of rotatable bonds is 6. The van der Waals surface area contributed by atoms with Crippen LogP contribution < -0.4 is 4.74 Å². The summed E-state index contributed by atoms with van der Waals surface area (Å²) in [5.74, 6) is 0.448. The maximum absolute atomic E-state index is 12.9. The molecule has 1 atom stereocenters. The van der Waals surface area contributed by atoms with Crippen molar-refractivity contribution in [1.29, 1.82) is 5.41 Å². The molecule has 0 radical (unpaired) electrons. The molecule has 0 aliphatic carbocycles. The molecule has 0 spiro atoms. The van der Waals surface area contributed by atoms with Crippen LogP contribution >= 0.6 is 11.8 Å². The lowest BCUT2D eigenvalue weighted by molar-refractivity contribution is -0.114. The highest BCUT2D eigenvalue weighted by atomic mass is 32.2. The van der Waals surface area contributed by atoms with Gasteiger partial charge in [0.1, 0.15) is 10.8 Å². The zero-order chi connectivity index (χ0) is 23.7. The summed E-state index contributed by atoms with van der Waals surface area (Å²) in [5, 5.41) is 16.2. The number of ether oxygens (including phenoxy) is 1. The first kappa shape index (κ1) is 21.9. The maximum Gasteiger partial charge on any atom is 0.283 e. The molecule has 7 nitrogen and oxygen atoms in total. The second-order valence-corrected chi connectivity index (χ2v) is 8.82. The van der Waals surface area contributed by atoms with Gasteiger partial charge >= 0.3 is 0 Å². The smallest absolute Gasteiger partial charge is 0.283 e. The van der Waals surface area contributed by atoms with Crippen LogP contribution in [0.5, 0.6) is 5.75 Å². The van der Waals surface area contributed by atoms with Crippen LogP contribution in [0.3, 0.4) is 0 Å². The summed E-state index contributed by atoms with van der Waals surface area (Å²) >= 11 is 1.36. The van der Waals surface area contributed by atoms with Crippen LogP contribution in [-0.2, 0) is 4.79 Å². The van der Waals surface area contributed by atoms with E-state index in [0.717, 1.165) is 34.2 Å². The average molecular weight is 470 g/mol. The van der Waals surface area contributed by atoms with Crippen molar-refractivity contribution < 1.29 is 9.53 Å². The average Bonchev–Trinajstić information content (AvgIpc) is 3.50. The summed E-state index contributed by atoms with van der Waals surface area (Å²) in [6.07, 6.45) is 4.46. The van der Waals surface area contributed by atoms with Crippen LogP contribution in [0.2, 0.25) is 0 Å². The molecule has 170 valence electrons. The summed E-state index contributed by atoms with van der Waals surface area (Å²) in [5.41, 5.74) is 3.05. The highest BCUT2D eigenvalue weighted by Gasteiger charge is 2.37. The van der Waals surface area contributed by atoms with E-state index in [1.165, 1.54) is 16.8 Å². The van der Waals surface area contributed by atoms with Gasteiger partial charge in [-0.3, -0.25) is 10.2 Å². The van der Waals surface area contributed by atoms with Gasteiger partial charge in [-0.2, -0.15) is 15.1 Å². The van der Waals surface area contributed by atoms with Crippen molar-refractivity contribution in [3.8, 4) is 11.4 Å². The van der Waals surface area contributed by atoms with Crippen molar-refractivity contribution in [2.45, 2.75) is 19.3 Å². The minimum Gasteiger partial charge on any atom is -0.497 e. The van der Waals surface area contributed by atoms with E-state index in [9.17, 15) is 4.79 Å². The number of aromatic nitrogens is 1. The van der Waals surface area contributed by atoms with Crippen LogP contribution in [0.15, 0.2) is 88.6 Å². The lowest BCUT2D eigenvalue weighted by Gasteiger charge is -2.20. The predicted octanol–water partition coefficient (Wildman–Crippen LogP) is 5.30. The molecule has 2 aliphatic heterocycles. The van der Waals surface area contributed by atoms with Crippen LogP contribution in [0.4, 0.5) is 0 Å². The molecule has 3 aromatic rings. The summed E-state index contributed by atoms with van der Waals surface area (Å²) in [6, 6.07) is 21.6. The van der Waals surface area contributed by atoms with E-state index in [1.54, 1.807) is 13.2 Å². The Kier molecular flexibility index (Phi) is 5.90. The number of thioether (sulfide) groups is 1. The lowest BCUT2D eigenvalue weighted by Crippen LogP contribution is -2.35. The van der Waals surface area contributed by atoms with Crippen molar-refractivity contribution >= 4 is 39.8 Å². The van der Waals surface area contributed by atoms with Gasteiger partial charge in [0.25, 0.3) is 5.91 Å². The lowest BCUT2D eigenvalue weighted by atomic mass is 9.98. The van der Waals surface area contributed by atoms with Gasteiger partial charge in [0.15, 0.2) is 5.84 Å². The highest BCUT2D eigenvalue weighted by Crippen LogP contribution is 2.36. The number of hydrazone groups is 1. The molecule has 2 aromatic carbocycles. The highest BCUT2D eigenvalue weighted by molar-refractivity contribution is 8.27. The Labute approximate surface area is 202 Å². The van der Waals surface area contributed by atoms with E-state index < -0.39 is 5.91 Å². The number of nitrogens with zero attached hydrogens (tertiary/aromatic N) is 4. The Morgan fingerprint density at radius 1 is 1.09 bits per heavy atom. The zero-order valence-corrected chi connectivity index (χ0v) is 19.6. The molecule has 1 N–H and O–H groups in total. The summed E-state index contributed by atoms with van der Waals surface area (Å²) in [4.78, 5) is 17.2. The Balaban J connectivity index is 1.46. The van der Waals surface area contributed by atoms with E-state index >= 15 is 0 Å². The molecule has 1 amide bonds. The van der Waals surface area contributed by atoms with Crippen molar-refractivity contribution in [3.63, 3.8) is 0 Å². The minimum absolute atomic E-state index is 0.0305. The topological polar surface area (TPSA) is 83.0 Å².